The van der Waals surface area contributed by atoms with Gasteiger partial charge in [0.25, 0.3) is 0 Å². The van der Waals surface area contributed by atoms with Crippen LogP contribution in [0.4, 0.5) is 19.0 Å². The van der Waals surface area contributed by atoms with E-state index in [1.54, 1.807) is 7.05 Å². The summed E-state index contributed by atoms with van der Waals surface area (Å²) in [7, 11) is 1.68. The van der Waals surface area contributed by atoms with E-state index in [1.807, 2.05) is 0 Å². The summed E-state index contributed by atoms with van der Waals surface area (Å²) in [6, 6.07) is 0. The quantitative estimate of drug-likeness (QED) is 0.678. The third-order valence-electron chi connectivity index (χ3n) is 3.39. The summed E-state index contributed by atoms with van der Waals surface area (Å²) in [5.74, 6) is -0.895. The van der Waals surface area contributed by atoms with Gasteiger partial charge >= 0.3 is 6.18 Å². The average molecular weight is 334 g/mol. The minimum atomic E-state index is -4.61. The van der Waals surface area contributed by atoms with E-state index in [0.29, 0.717) is 12.7 Å². The highest BCUT2D eigenvalue weighted by Gasteiger charge is 2.37. The molecule has 1 aromatic heterocycles. The van der Waals surface area contributed by atoms with Gasteiger partial charge in [0, 0.05) is 18.7 Å². The van der Waals surface area contributed by atoms with Crippen molar-refractivity contribution in [3.8, 4) is 0 Å². The molecule has 1 aliphatic rings. The van der Waals surface area contributed by atoms with E-state index in [9.17, 15) is 23.4 Å². The molecule has 1 saturated heterocycles. The van der Waals surface area contributed by atoms with E-state index in [0.717, 1.165) is 6.20 Å². The normalized spacial score (nSPS) is 29.1. The Morgan fingerprint density at radius 1 is 1.39 bits per heavy atom. The molecular formula is C13H17F3N4O3. The van der Waals surface area contributed by atoms with Crippen LogP contribution in [0.5, 0.6) is 0 Å². The molecule has 23 heavy (non-hydrogen) atoms. The minimum Gasteiger partial charge on any atom is -0.390 e. The molecule has 0 radical (unpaired) electrons. The number of ether oxygens (including phenoxy) is 1. The molecule has 0 bridgehead atoms. The maximum Gasteiger partial charge on any atom is 0.434 e. The average Bonchev–Trinajstić information content (AvgIpc) is 2.51. The lowest BCUT2D eigenvalue weighted by Gasteiger charge is -2.36. The molecule has 1 unspecified atom stereocenters. The van der Waals surface area contributed by atoms with E-state index in [1.165, 1.54) is 6.21 Å². The monoisotopic (exact) mass is 334 g/mol. The number of hydrogen-bond acceptors (Lipinski definition) is 7. The predicted octanol–water partition coefficient (Wildman–Crippen LogP) is 0.154. The number of hydrogen-bond donors (Lipinski definition) is 3. The molecule has 1 aromatic rings. The predicted molar refractivity (Wildman–Crippen MR) is 74.4 cm³/mol. The zero-order valence-corrected chi connectivity index (χ0v) is 12.2. The van der Waals surface area contributed by atoms with Crippen molar-refractivity contribution < 1.29 is 28.1 Å². The van der Waals surface area contributed by atoms with E-state index in [2.05, 4.69) is 20.3 Å². The Labute approximate surface area is 130 Å². The lowest BCUT2D eigenvalue weighted by molar-refractivity contribution is -0.146. The van der Waals surface area contributed by atoms with Crippen LogP contribution < -0.4 is 5.32 Å². The van der Waals surface area contributed by atoms with Gasteiger partial charge in [-0.25, -0.2) is 9.98 Å². The van der Waals surface area contributed by atoms with Crippen LogP contribution in [0.2, 0.25) is 0 Å². The summed E-state index contributed by atoms with van der Waals surface area (Å²) in [5.41, 5.74) is -1.15. The van der Waals surface area contributed by atoms with Crippen LogP contribution in [0.25, 0.3) is 0 Å². The van der Waals surface area contributed by atoms with Gasteiger partial charge in [0.15, 0.2) is 11.5 Å². The van der Waals surface area contributed by atoms with Crippen LogP contribution in [-0.4, -0.2) is 64.9 Å². The Bertz CT molecular complexity index is 556. The maximum absolute atomic E-state index is 12.5. The first-order valence-electron chi connectivity index (χ1n) is 6.88. The number of aliphatic hydroxyl groups excluding tert-OH is 2. The molecule has 0 saturated carbocycles. The first-order chi connectivity index (χ1) is 10.8. The lowest BCUT2D eigenvalue weighted by Crippen LogP contribution is -2.53. The second-order valence-electron chi connectivity index (χ2n) is 5.11. The van der Waals surface area contributed by atoms with Gasteiger partial charge < -0.3 is 20.3 Å². The van der Waals surface area contributed by atoms with Gasteiger partial charge in [-0.05, 0) is 7.05 Å². The van der Waals surface area contributed by atoms with Crippen LogP contribution in [0.1, 0.15) is 5.69 Å². The van der Waals surface area contributed by atoms with Crippen molar-refractivity contribution in [1.82, 2.24) is 15.3 Å². The fourth-order valence-electron chi connectivity index (χ4n) is 2.14. The van der Waals surface area contributed by atoms with Crippen LogP contribution in [-0.2, 0) is 10.9 Å². The number of aliphatic hydroxyl groups is 2. The van der Waals surface area contributed by atoms with Crippen molar-refractivity contribution in [1.29, 1.82) is 0 Å². The van der Waals surface area contributed by atoms with Crippen LogP contribution in [0.3, 0.4) is 0 Å². The molecule has 2 rings (SSSR count). The van der Waals surface area contributed by atoms with E-state index in [-0.39, 0.29) is 12.4 Å². The highest BCUT2D eigenvalue weighted by atomic mass is 19.4. The number of halogens is 3. The smallest absolute Gasteiger partial charge is 0.390 e. The zero-order chi connectivity index (χ0) is 17.0. The lowest BCUT2D eigenvalue weighted by atomic mass is 9.93. The standard InChI is InChI=1S/C13H17F3N4O3/c1-17-3-8-12(22)11(21)7(6-23-8)2-19-10-5-18-4-9(20-10)13(14,15)16/h2,4-5,7-8,11-12,17,21-22H,3,6H2,1H3/b19-2+/t7?,8-,11-,12+/m1/s1. The number of rotatable bonds is 4. The molecule has 4 atom stereocenters. The van der Waals surface area contributed by atoms with Gasteiger partial charge in [0.05, 0.1) is 31.2 Å². The Kier molecular flexibility index (Phi) is 5.63. The molecule has 0 aromatic carbocycles. The van der Waals surface area contributed by atoms with Gasteiger partial charge in [0.1, 0.15) is 6.10 Å². The summed E-state index contributed by atoms with van der Waals surface area (Å²) in [5, 5.41) is 22.8. The van der Waals surface area contributed by atoms with Gasteiger partial charge in [-0.2, -0.15) is 13.2 Å². The molecule has 0 amide bonds. The third-order valence-corrected chi connectivity index (χ3v) is 3.39. The van der Waals surface area contributed by atoms with Gasteiger partial charge in [0.2, 0.25) is 0 Å². The Morgan fingerprint density at radius 3 is 2.78 bits per heavy atom. The van der Waals surface area contributed by atoms with Gasteiger partial charge in [-0.1, -0.05) is 0 Å². The Balaban J connectivity index is 2.06. The number of likely N-dealkylation sites (N-methyl/N-ethyl adjacent to an activating group) is 1. The van der Waals surface area contributed by atoms with Gasteiger partial charge in [-0.3, -0.25) is 4.98 Å². The van der Waals surface area contributed by atoms with Crippen molar-refractivity contribution in [3.63, 3.8) is 0 Å². The van der Waals surface area contributed by atoms with E-state index >= 15 is 0 Å². The van der Waals surface area contributed by atoms with E-state index in [4.69, 9.17) is 4.74 Å². The second kappa shape index (κ2) is 7.30. The maximum atomic E-state index is 12.5. The van der Waals surface area contributed by atoms with Crippen molar-refractivity contribution in [2.24, 2.45) is 10.9 Å². The summed E-state index contributed by atoms with van der Waals surface area (Å²) >= 11 is 0. The minimum absolute atomic E-state index is 0.0838. The summed E-state index contributed by atoms with van der Waals surface area (Å²) < 4.78 is 43.0. The largest absolute Gasteiger partial charge is 0.434 e. The Hall–Kier alpha value is -1.62. The summed E-state index contributed by atoms with van der Waals surface area (Å²) in [4.78, 5) is 10.6. The second-order valence-corrected chi connectivity index (χ2v) is 5.11. The first kappa shape index (κ1) is 17.7. The van der Waals surface area contributed by atoms with Gasteiger partial charge in [-0.15, -0.1) is 0 Å². The number of nitrogens with one attached hydrogen (secondary N) is 1. The number of alkyl halides is 3. The molecular weight excluding hydrogens is 317 g/mol. The molecule has 10 heteroatoms. The van der Waals surface area contributed by atoms with Crippen molar-refractivity contribution in [2.45, 2.75) is 24.5 Å². The topological polar surface area (TPSA) is 99.9 Å². The molecule has 1 aliphatic heterocycles. The Morgan fingerprint density at radius 2 is 2.13 bits per heavy atom. The fourth-order valence-corrected chi connectivity index (χ4v) is 2.14. The van der Waals surface area contributed by atoms with Crippen LogP contribution >= 0.6 is 0 Å². The number of nitrogens with zero attached hydrogens (tertiary/aromatic N) is 3. The highest BCUT2D eigenvalue weighted by molar-refractivity contribution is 5.65. The van der Waals surface area contributed by atoms with Crippen molar-refractivity contribution in [2.75, 3.05) is 20.2 Å². The highest BCUT2D eigenvalue weighted by Crippen LogP contribution is 2.28. The molecule has 3 N–H and O–H groups in total. The fraction of sp³-hybridized carbons (Fsp3) is 0.615. The summed E-state index contributed by atoms with van der Waals surface area (Å²) in [6.45, 7) is 0.446. The number of aliphatic imine (C=N–C) groups is 1. The molecule has 0 aliphatic carbocycles. The third kappa shape index (κ3) is 4.44. The molecule has 1 fully saturated rings. The van der Waals surface area contributed by atoms with Crippen LogP contribution in [0, 0.1) is 5.92 Å². The first-order valence-corrected chi connectivity index (χ1v) is 6.88. The molecule has 2 heterocycles. The van der Waals surface area contributed by atoms with E-state index < -0.39 is 36.1 Å². The van der Waals surface area contributed by atoms with Crippen LogP contribution in [0.15, 0.2) is 17.4 Å². The molecule has 128 valence electrons. The molecule has 0 spiro atoms. The molecule has 7 nitrogen and oxygen atoms in total. The van der Waals surface area contributed by atoms with Crippen molar-refractivity contribution >= 4 is 12.0 Å². The number of aromatic nitrogens is 2. The zero-order valence-electron chi connectivity index (χ0n) is 12.2. The van der Waals surface area contributed by atoms with Crippen molar-refractivity contribution in [3.05, 3.63) is 18.1 Å². The SMILES string of the molecule is CNC[C@H]1OCC(/C=N/c2cncc(C(F)(F)F)n2)[C@@H](O)[C@H]1O. The summed E-state index contributed by atoms with van der Waals surface area (Å²) in [6.07, 6.45) is -4.54.